The van der Waals surface area contributed by atoms with Gasteiger partial charge < -0.3 is 20.9 Å². The third-order valence-corrected chi connectivity index (χ3v) is 5.10. The van der Waals surface area contributed by atoms with Crippen LogP contribution in [-0.4, -0.2) is 20.6 Å². The van der Waals surface area contributed by atoms with Crippen LogP contribution in [0.15, 0.2) is 48.5 Å². The predicted molar refractivity (Wildman–Crippen MR) is 122 cm³/mol. The maximum Gasteiger partial charge on any atom is 0.319 e. The van der Waals surface area contributed by atoms with Gasteiger partial charge in [0.25, 0.3) is 0 Å². The van der Waals surface area contributed by atoms with E-state index in [0.29, 0.717) is 28.0 Å². The molecule has 0 aliphatic heterocycles. The zero-order chi connectivity index (χ0) is 21.3. The van der Waals surface area contributed by atoms with Crippen molar-refractivity contribution in [2.45, 2.75) is 26.9 Å². The van der Waals surface area contributed by atoms with Gasteiger partial charge in [0.05, 0.1) is 28.3 Å². The first-order valence-corrected chi connectivity index (χ1v) is 10.1. The van der Waals surface area contributed by atoms with Crippen LogP contribution in [0.1, 0.15) is 19.7 Å². The Kier molecular flexibility index (Phi) is 5.46. The minimum absolute atomic E-state index is 0.242. The first-order chi connectivity index (χ1) is 14.4. The standard InChI is InChI=1S/C22H23ClN6O/c1-13(2)12-29-18(11-25-22(30)27-17-10-6-4-8-15(17)23)28-19-20(29)14-7-3-5-9-16(14)26-21(19)24/h3-10,13H,11-12H2,1-2H3,(H2,24,26)(H2,25,27,30). The number of imidazole rings is 1. The number of nitrogens with zero attached hydrogens (tertiary/aromatic N) is 3. The molecule has 30 heavy (non-hydrogen) atoms. The Morgan fingerprint density at radius 2 is 1.87 bits per heavy atom. The van der Waals surface area contributed by atoms with Crippen LogP contribution in [0.4, 0.5) is 16.3 Å². The highest BCUT2D eigenvalue weighted by atomic mass is 35.5. The highest BCUT2D eigenvalue weighted by molar-refractivity contribution is 6.33. The molecule has 0 unspecified atom stereocenters. The number of hydrogen-bond acceptors (Lipinski definition) is 4. The van der Waals surface area contributed by atoms with Crippen molar-refractivity contribution in [3.8, 4) is 0 Å². The molecule has 2 heterocycles. The summed E-state index contributed by atoms with van der Waals surface area (Å²) in [5.74, 6) is 1.48. The number of fused-ring (bicyclic) bond motifs is 3. The first-order valence-electron chi connectivity index (χ1n) is 9.76. The normalized spacial score (nSPS) is 11.3. The van der Waals surface area contributed by atoms with Crippen molar-refractivity contribution in [1.82, 2.24) is 19.9 Å². The van der Waals surface area contributed by atoms with E-state index in [1.807, 2.05) is 36.4 Å². The molecule has 0 saturated heterocycles. The van der Waals surface area contributed by atoms with E-state index in [2.05, 4.69) is 34.0 Å². The monoisotopic (exact) mass is 422 g/mol. The molecule has 8 heteroatoms. The Morgan fingerprint density at radius 1 is 1.13 bits per heavy atom. The molecule has 0 radical (unpaired) electrons. The molecule has 4 N–H and O–H groups in total. The van der Waals surface area contributed by atoms with Gasteiger partial charge in [-0.3, -0.25) is 0 Å². The average molecular weight is 423 g/mol. The molecule has 0 spiro atoms. The van der Waals surface area contributed by atoms with Crippen LogP contribution in [0.2, 0.25) is 5.02 Å². The summed E-state index contributed by atoms with van der Waals surface area (Å²) in [5.41, 5.74) is 9.17. The third-order valence-electron chi connectivity index (χ3n) is 4.77. The molecular formula is C22H23ClN6O. The lowest BCUT2D eigenvalue weighted by Gasteiger charge is -2.14. The van der Waals surface area contributed by atoms with E-state index in [1.54, 1.807) is 12.1 Å². The molecule has 0 saturated carbocycles. The van der Waals surface area contributed by atoms with Crippen LogP contribution in [0.5, 0.6) is 0 Å². The van der Waals surface area contributed by atoms with Gasteiger partial charge in [-0.1, -0.05) is 55.8 Å². The van der Waals surface area contributed by atoms with E-state index in [0.717, 1.165) is 28.8 Å². The number of carbonyl (C=O) groups is 1. The second-order valence-electron chi connectivity index (χ2n) is 7.53. The Balaban J connectivity index is 1.68. The second kappa shape index (κ2) is 8.20. The maximum absolute atomic E-state index is 12.4. The fourth-order valence-corrected chi connectivity index (χ4v) is 3.67. The number of aromatic nitrogens is 3. The molecule has 0 aliphatic rings. The van der Waals surface area contributed by atoms with E-state index in [9.17, 15) is 4.79 Å². The summed E-state index contributed by atoms with van der Waals surface area (Å²) in [4.78, 5) is 21.6. The van der Waals surface area contributed by atoms with Gasteiger partial charge in [-0.2, -0.15) is 0 Å². The molecule has 0 aliphatic carbocycles. The van der Waals surface area contributed by atoms with E-state index >= 15 is 0 Å². The van der Waals surface area contributed by atoms with Gasteiger partial charge in [-0.05, 0) is 24.1 Å². The van der Waals surface area contributed by atoms with E-state index in [1.165, 1.54) is 0 Å². The molecule has 2 amide bonds. The number of para-hydroxylation sites is 2. The number of halogens is 1. The summed E-state index contributed by atoms with van der Waals surface area (Å²) in [6, 6.07) is 14.6. The van der Waals surface area contributed by atoms with Crippen molar-refractivity contribution < 1.29 is 4.79 Å². The van der Waals surface area contributed by atoms with Crippen LogP contribution in [0.25, 0.3) is 21.9 Å². The number of rotatable bonds is 5. The fraction of sp³-hybridized carbons (Fsp3) is 0.227. The molecule has 0 bridgehead atoms. The maximum atomic E-state index is 12.4. The predicted octanol–water partition coefficient (Wildman–Crippen LogP) is 4.80. The lowest BCUT2D eigenvalue weighted by Crippen LogP contribution is -2.29. The SMILES string of the molecule is CC(C)Cn1c(CNC(=O)Nc2ccccc2Cl)nc2c(N)nc3ccccc3c21. The number of benzene rings is 2. The molecular weight excluding hydrogens is 400 g/mol. The van der Waals surface area contributed by atoms with E-state index < -0.39 is 0 Å². The molecule has 0 atom stereocenters. The molecule has 4 rings (SSSR count). The van der Waals surface area contributed by atoms with Crippen molar-refractivity contribution in [2.75, 3.05) is 11.1 Å². The van der Waals surface area contributed by atoms with Crippen LogP contribution < -0.4 is 16.4 Å². The van der Waals surface area contributed by atoms with E-state index in [4.69, 9.17) is 22.3 Å². The Labute approximate surface area is 179 Å². The summed E-state index contributed by atoms with van der Waals surface area (Å²) in [7, 11) is 0. The minimum atomic E-state index is -0.359. The number of anilines is 2. The minimum Gasteiger partial charge on any atom is -0.382 e. The van der Waals surface area contributed by atoms with Gasteiger partial charge in [0.2, 0.25) is 0 Å². The number of carbonyl (C=O) groups excluding carboxylic acids is 1. The van der Waals surface area contributed by atoms with Crippen molar-refractivity contribution in [3.05, 3.63) is 59.4 Å². The number of hydrogen-bond donors (Lipinski definition) is 3. The van der Waals surface area contributed by atoms with Crippen LogP contribution in [0, 0.1) is 5.92 Å². The number of pyridine rings is 1. The average Bonchev–Trinajstić information content (AvgIpc) is 3.07. The lowest BCUT2D eigenvalue weighted by atomic mass is 10.1. The van der Waals surface area contributed by atoms with Gasteiger partial charge >= 0.3 is 6.03 Å². The quantitative estimate of drug-likeness (QED) is 0.430. The number of nitrogen functional groups attached to an aromatic ring is 1. The molecule has 154 valence electrons. The number of nitrogens with two attached hydrogens (primary N) is 1. The Bertz CT molecular complexity index is 1230. The smallest absolute Gasteiger partial charge is 0.319 e. The first kappa shape index (κ1) is 20.0. The van der Waals surface area contributed by atoms with Crippen LogP contribution in [-0.2, 0) is 13.1 Å². The molecule has 7 nitrogen and oxygen atoms in total. The summed E-state index contributed by atoms with van der Waals surface area (Å²) < 4.78 is 2.12. The highest BCUT2D eigenvalue weighted by Gasteiger charge is 2.18. The second-order valence-corrected chi connectivity index (χ2v) is 7.94. The molecule has 2 aromatic heterocycles. The van der Waals surface area contributed by atoms with Crippen molar-refractivity contribution in [2.24, 2.45) is 5.92 Å². The van der Waals surface area contributed by atoms with Gasteiger partial charge in [-0.25, -0.2) is 14.8 Å². The molecule has 0 fully saturated rings. The van der Waals surface area contributed by atoms with Crippen molar-refractivity contribution in [3.63, 3.8) is 0 Å². The molecule has 4 aromatic rings. The lowest BCUT2D eigenvalue weighted by molar-refractivity contribution is 0.251. The zero-order valence-corrected chi connectivity index (χ0v) is 17.6. The number of nitrogens with one attached hydrogen (secondary N) is 2. The largest absolute Gasteiger partial charge is 0.382 e. The fourth-order valence-electron chi connectivity index (χ4n) is 3.49. The summed E-state index contributed by atoms with van der Waals surface area (Å²) >= 11 is 6.11. The Hall–Kier alpha value is -3.32. The van der Waals surface area contributed by atoms with Gasteiger partial charge in [0.15, 0.2) is 5.82 Å². The van der Waals surface area contributed by atoms with Crippen LogP contribution >= 0.6 is 11.6 Å². The van der Waals surface area contributed by atoms with Gasteiger partial charge in [0.1, 0.15) is 11.3 Å². The van der Waals surface area contributed by atoms with Crippen molar-refractivity contribution >= 4 is 51.1 Å². The molecule has 2 aromatic carbocycles. The highest BCUT2D eigenvalue weighted by Crippen LogP contribution is 2.29. The summed E-state index contributed by atoms with van der Waals surface area (Å²) in [6.45, 7) is 5.26. The topological polar surface area (TPSA) is 97.9 Å². The Morgan fingerprint density at radius 3 is 2.63 bits per heavy atom. The van der Waals surface area contributed by atoms with E-state index in [-0.39, 0.29) is 12.6 Å². The van der Waals surface area contributed by atoms with Crippen molar-refractivity contribution in [1.29, 1.82) is 0 Å². The summed E-state index contributed by atoms with van der Waals surface area (Å²) in [6.07, 6.45) is 0. The van der Waals surface area contributed by atoms with Crippen LogP contribution in [0.3, 0.4) is 0 Å². The van der Waals surface area contributed by atoms with Gasteiger partial charge in [-0.15, -0.1) is 0 Å². The van der Waals surface area contributed by atoms with Gasteiger partial charge in [0, 0.05) is 11.9 Å². The number of urea groups is 1. The third kappa shape index (κ3) is 3.89. The zero-order valence-electron chi connectivity index (χ0n) is 16.8. The number of amides is 2. The summed E-state index contributed by atoms with van der Waals surface area (Å²) in [5, 5.41) is 7.09.